The zero-order chi connectivity index (χ0) is 14.8. The number of piperidine rings is 1. The fourth-order valence-electron chi connectivity index (χ4n) is 3.19. The maximum Gasteiger partial charge on any atom is 0.125 e. The van der Waals surface area contributed by atoms with Gasteiger partial charge in [0, 0.05) is 30.7 Å². The van der Waals surface area contributed by atoms with Gasteiger partial charge in [-0.05, 0) is 37.1 Å². The number of halogens is 1. The molecule has 0 bridgehead atoms. The van der Waals surface area contributed by atoms with E-state index in [9.17, 15) is 4.39 Å². The summed E-state index contributed by atoms with van der Waals surface area (Å²) in [5, 5.41) is 0. The highest BCUT2D eigenvalue weighted by Crippen LogP contribution is 2.30. The fourth-order valence-corrected chi connectivity index (χ4v) is 3.19. The van der Waals surface area contributed by atoms with Crippen LogP contribution in [-0.2, 0) is 0 Å². The SMILES string of the molecule is Cc1cccc(C2CC(N)CN(c3cccc(F)c3)C2)c1. The fraction of sp³-hybridized carbons (Fsp3) is 0.333. The molecule has 0 saturated carbocycles. The summed E-state index contributed by atoms with van der Waals surface area (Å²) in [5.41, 5.74) is 9.74. The van der Waals surface area contributed by atoms with Gasteiger partial charge in [-0.25, -0.2) is 4.39 Å². The van der Waals surface area contributed by atoms with Gasteiger partial charge in [0.2, 0.25) is 0 Å². The van der Waals surface area contributed by atoms with Crippen molar-refractivity contribution in [1.82, 2.24) is 0 Å². The Morgan fingerprint density at radius 3 is 2.67 bits per heavy atom. The van der Waals surface area contributed by atoms with Crippen LogP contribution in [0.1, 0.15) is 23.5 Å². The molecule has 2 N–H and O–H groups in total. The predicted octanol–water partition coefficient (Wildman–Crippen LogP) is 3.46. The number of nitrogens with zero attached hydrogens (tertiary/aromatic N) is 1. The van der Waals surface area contributed by atoms with Crippen LogP contribution in [-0.4, -0.2) is 19.1 Å². The molecule has 3 heteroatoms. The minimum Gasteiger partial charge on any atom is -0.369 e. The standard InChI is InChI=1S/C18H21FN2/c1-13-4-2-5-14(8-13)15-9-17(20)12-21(11-15)18-7-3-6-16(19)10-18/h2-8,10,15,17H,9,11-12,20H2,1H3. The Kier molecular flexibility index (Phi) is 3.93. The van der Waals surface area contributed by atoms with Crippen LogP contribution in [0.5, 0.6) is 0 Å². The Morgan fingerprint density at radius 1 is 1.10 bits per heavy atom. The van der Waals surface area contributed by atoms with E-state index in [4.69, 9.17) is 5.73 Å². The minimum absolute atomic E-state index is 0.118. The van der Waals surface area contributed by atoms with Crippen LogP contribution >= 0.6 is 0 Å². The summed E-state index contributed by atoms with van der Waals surface area (Å²) in [5.74, 6) is 0.204. The molecule has 1 heterocycles. The molecule has 3 rings (SSSR count). The third kappa shape index (κ3) is 3.24. The molecule has 1 aliphatic rings. The molecule has 0 spiro atoms. The second kappa shape index (κ2) is 5.86. The highest BCUT2D eigenvalue weighted by molar-refractivity contribution is 5.48. The minimum atomic E-state index is -0.196. The van der Waals surface area contributed by atoms with Crippen molar-refractivity contribution in [2.75, 3.05) is 18.0 Å². The number of benzene rings is 2. The van der Waals surface area contributed by atoms with E-state index in [0.29, 0.717) is 5.92 Å². The van der Waals surface area contributed by atoms with Crippen LogP contribution in [0.3, 0.4) is 0 Å². The third-order valence-corrected chi connectivity index (χ3v) is 4.17. The van der Waals surface area contributed by atoms with Gasteiger partial charge in [0.25, 0.3) is 0 Å². The lowest BCUT2D eigenvalue weighted by Gasteiger charge is -2.38. The molecular formula is C18H21FN2. The van der Waals surface area contributed by atoms with E-state index in [-0.39, 0.29) is 11.9 Å². The van der Waals surface area contributed by atoms with Gasteiger partial charge in [-0.1, -0.05) is 35.9 Å². The maximum absolute atomic E-state index is 13.4. The van der Waals surface area contributed by atoms with Crippen molar-refractivity contribution in [2.24, 2.45) is 5.73 Å². The molecule has 0 aromatic heterocycles. The second-order valence-corrected chi connectivity index (χ2v) is 5.99. The van der Waals surface area contributed by atoms with E-state index >= 15 is 0 Å². The van der Waals surface area contributed by atoms with Crippen molar-refractivity contribution in [2.45, 2.75) is 25.3 Å². The molecule has 1 saturated heterocycles. The van der Waals surface area contributed by atoms with Gasteiger partial charge in [-0.2, -0.15) is 0 Å². The third-order valence-electron chi connectivity index (χ3n) is 4.17. The first-order valence-corrected chi connectivity index (χ1v) is 7.44. The number of rotatable bonds is 2. The van der Waals surface area contributed by atoms with E-state index in [1.807, 2.05) is 6.07 Å². The molecule has 0 radical (unpaired) electrons. The Labute approximate surface area is 125 Å². The van der Waals surface area contributed by atoms with Gasteiger partial charge >= 0.3 is 0 Å². The van der Waals surface area contributed by atoms with Crippen LogP contribution in [0.2, 0.25) is 0 Å². The van der Waals surface area contributed by atoms with E-state index in [1.54, 1.807) is 12.1 Å². The summed E-state index contributed by atoms with van der Waals surface area (Å²) in [7, 11) is 0. The number of aryl methyl sites for hydroxylation is 1. The van der Waals surface area contributed by atoms with Crippen molar-refractivity contribution in [1.29, 1.82) is 0 Å². The molecule has 2 unspecified atom stereocenters. The van der Waals surface area contributed by atoms with Gasteiger partial charge in [-0.3, -0.25) is 0 Å². The first kappa shape index (κ1) is 14.1. The Hall–Kier alpha value is -1.87. The van der Waals surface area contributed by atoms with Crippen molar-refractivity contribution in [3.63, 3.8) is 0 Å². The van der Waals surface area contributed by atoms with Crippen LogP contribution in [0.4, 0.5) is 10.1 Å². The van der Waals surface area contributed by atoms with Gasteiger partial charge in [-0.15, -0.1) is 0 Å². The van der Waals surface area contributed by atoms with E-state index < -0.39 is 0 Å². The maximum atomic E-state index is 13.4. The highest BCUT2D eigenvalue weighted by Gasteiger charge is 2.26. The average molecular weight is 284 g/mol. The van der Waals surface area contributed by atoms with Gasteiger partial charge in [0.15, 0.2) is 0 Å². The summed E-state index contributed by atoms with van der Waals surface area (Å²) >= 11 is 0. The van der Waals surface area contributed by atoms with Gasteiger partial charge in [0.05, 0.1) is 0 Å². The summed E-state index contributed by atoms with van der Waals surface area (Å²) in [4.78, 5) is 2.20. The molecular weight excluding hydrogens is 263 g/mol. The lowest BCUT2D eigenvalue weighted by atomic mass is 9.87. The lowest BCUT2D eigenvalue weighted by molar-refractivity contribution is 0.453. The molecule has 2 aromatic carbocycles. The first-order valence-electron chi connectivity index (χ1n) is 7.44. The molecule has 2 aromatic rings. The summed E-state index contributed by atoms with van der Waals surface area (Å²) < 4.78 is 13.4. The molecule has 2 nitrogen and oxygen atoms in total. The molecule has 2 atom stereocenters. The van der Waals surface area contributed by atoms with E-state index in [0.717, 1.165) is 25.2 Å². The van der Waals surface area contributed by atoms with E-state index in [2.05, 4.69) is 36.1 Å². The number of hydrogen-bond donors (Lipinski definition) is 1. The van der Waals surface area contributed by atoms with Crippen LogP contribution in [0, 0.1) is 12.7 Å². The Bertz CT molecular complexity index is 573. The monoisotopic (exact) mass is 284 g/mol. The number of hydrogen-bond acceptors (Lipinski definition) is 2. The topological polar surface area (TPSA) is 29.3 Å². The van der Waals surface area contributed by atoms with Crippen LogP contribution in [0.15, 0.2) is 48.5 Å². The normalized spacial score (nSPS) is 22.3. The highest BCUT2D eigenvalue weighted by atomic mass is 19.1. The van der Waals surface area contributed by atoms with E-state index in [1.165, 1.54) is 17.2 Å². The van der Waals surface area contributed by atoms with Gasteiger partial charge < -0.3 is 10.6 Å². The Morgan fingerprint density at radius 2 is 1.90 bits per heavy atom. The lowest BCUT2D eigenvalue weighted by Crippen LogP contribution is -2.46. The quantitative estimate of drug-likeness (QED) is 0.915. The second-order valence-electron chi connectivity index (χ2n) is 5.99. The molecule has 1 aliphatic heterocycles. The first-order chi connectivity index (χ1) is 10.1. The Balaban J connectivity index is 1.85. The van der Waals surface area contributed by atoms with Crippen LogP contribution < -0.4 is 10.6 Å². The average Bonchev–Trinajstić information content (AvgIpc) is 2.46. The zero-order valence-electron chi connectivity index (χ0n) is 12.3. The molecule has 1 fully saturated rings. The molecule has 21 heavy (non-hydrogen) atoms. The number of anilines is 1. The molecule has 110 valence electrons. The number of nitrogens with two attached hydrogens (primary N) is 1. The van der Waals surface area contributed by atoms with Crippen LogP contribution in [0.25, 0.3) is 0 Å². The van der Waals surface area contributed by atoms with Crippen molar-refractivity contribution in [3.8, 4) is 0 Å². The van der Waals surface area contributed by atoms with Crippen molar-refractivity contribution in [3.05, 3.63) is 65.5 Å². The molecule has 0 amide bonds. The van der Waals surface area contributed by atoms with Crippen molar-refractivity contribution >= 4 is 5.69 Å². The van der Waals surface area contributed by atoms with Crippen molar-refractivity contribution < 1.29 is 4.39 Å². The van der Waals surface area contributed by atoms with Gasteiger partial charge in [0.1, 0.15) is 5.82 Å². The summed E-state index contributed by atoms with van der Waals surface area (Å²) in [6.45, 7) is 3.78. The summed E-state index contributed by atoms with van der Waals surface area (Å²) in [6, 6.07) is 15.5. The largest absolute Gasteiger partial charge is 0.369 e. The smallest absolute Gasteiger partial charge is 0.125 e. The summed E-state index contributed by atoms with van der Waals surface area (Å²) in [6.07, 6.45) is 0.981. The predicted molar refractivity (Wildman–Crippen MR) is 85.1 cm³/mol. The molecule has 0 aliphatic carbocycles. The zero-order valence-corrected chi connectivity index (χ0v) is 12.3.